The van der Waals surface area contributed by atoms with E-state index in [1.54, 1.807) is 0 Å². The molecule has 1 aliphatic heterocycles. The van der Waals surface area contributed by atoms with Crippen LogP contribution in [-0.2, 0) is 0 Å². The van der Waals surface area contributed by atoms with Gasteiger partial charge in [0.2, 0.25) is 0 Å². The molecule has 1 aliphatic rings. The van der Waals surface area contributed by atoms with E-state index in [1.807, 2.05) is 0 Å². The number of nitrogens with zero attached hydrogens (tertiary/aromatic N) is 1. The molecule has 1 saturated heterocycles. The molecule has 0 bridgehead atoms. The molecule has 2 atom stereocenters. The van der Waals surface area contributed by atoms with Gasteiger partial charge >= 0.3 is 0 Å². The fourth-order valence-electron chi connectivity index (χ4n) is 1.63. The molecule has 1 fully saturated rings. The highest BCUT2D eigenvalue weighted by Gasteiger charge is 2.28. The van der Waals surface area contributed by atoms with Crippen LogP contribution in [0.25, 0.3) is 0 Å². The summed E-state index contributed by atoms with van der Waals surface area (Å²) in [4.78, 5) is 2.30. The molecule has 0 radical (unpaired) electrons. The molecule has 1 rings (SSSR count). The predicted molar refractivity (Wildman–Crippen MR) is 56.2 cm³/mol. The summed E-state index contributed by atoms with van der Waals surface area (Å²) in [6.45, 7) is 8.67. The minimum atomic E-state index is 0.608. The number of hydrogen-bond acceptors (Lipinski definition) is 1. The molecule has 1 N–H and O–H groups in total. The monoisotopic (exact) mass is 186 g/mol. The number of thiocarbonyl (C=S) groups is 1. The fourth-order valence-corrected chi connectivity index (χ4v) is 2.04. The van der Waals surface area contributed by atoms with Crippen molar-refractivity contribution in [2.75, 3.05) is 13.1 Å². The molecule has 0 aliphatic carbocycles. The molecule has 0 saturated carbocycles. The highest BCUT2D eigenvalue weighted by molar-refractivity contribution is 7.80. The molecule has 0 aromatic carbocycles. The summed E-state index contributed by atoms with van der Waals surface area (Å²) in [7, 11) is 0. The summed E-state index contributed by atoms with van der Waals surface area (Å²) >= 11 is 5.26. The van der Waals surface area contributed by atoms with E-state index in [0.717, 1.165) is 24.1 Å². The number of rotatable bonds is 1. The summed E-state index contributed by atoms with van der Waals surface area (Å²) in [5.74, 6) is 0.779. The van der Waals surface area contributed by atoms with Crippen molar-refractivity contribution in [3.05, 3.63) is 0 Å². The van der Waals surface area contributed by atoms with Crippen molar-refractivity contribution < 1.29 is 0 Å². The number of likely N-dealkylation sites (tertiary alicyclic amines) is 1. The van der Waals surface area contributed by atoms with Gasteiger partial charge in [0.05, 0.1) is 0 Å². The van der Waals surface area contributed by atoms with Crippen LogP contribution < -0.4 is 5.32 Å². The maximum absolute atomic E-state index is 5.26. The first-order valence-corrected chi connectivity index (χ1v) is 5.12. The normalized spacial score (nSPS) is 29.1. The van der Waals surface area contributed by atoms with Crippen molar-refractivity contribution in [2.45, 2.75) is 33.2 Å². The van der Waals surface area contributed by atoms with E-state index in [2.05, 4.69) is 31.0 Å². The van der Waals surface area contributed by atoms with Crippen molar-refractivity contribution in [3.63, 3.8) is 0 Å². The third-order valence-electron chi connectivity index (χ3n) is 2.73. The second-order valence-corrected chi connectivity index (χ2v) is 3.92. The van der Waals surface area contributed by atoms with E-state index in [4.69, 9.17) is 12.2 Å². The van der Waals surface area contributed by atoms with Crippen LogP contribution in [0.5, 0.6) is 0 Å². The Morgan fingerprint density at radius 3 is 2.67 bits per heavy atom. The van der Waals surface area contributed by atoms with Crippen LogP contribution in [0.1, 0.15) is 27.2 Å². The van der Waals surface area contributed by atoms with Gasteiger partial charge in [0.15, 0.2) is 5.11 Å². The topological polar surface area (TPSA) is 15.3 Å². The van der Waals surface area contributed by atoms with Gasteiger partial charge in [-0.05, 0) is 38.4 Å². The van der Waals surface area contributed by atoms with Crippen LogP contribution >= 0.6 is 12.2 Å². The molecule has 12 heavy (non-hydrogen) atoms. The fraction of sp³-hybridized carbons (Fsp3) is 0.889. The molecule has 70 valence electrons. The number of hydrogen-bond donors (Lipinski definition) is 1. The van der Waals surface area contributed by atoms with E-state index in [9.17, 15) is 0 Å². The Bertz CT molecular complexity index is 170. The molecule has 2 unspecified atom stereocenters. The largest absolute Gasteiger partial charge is 0.363 e. The van der Waals surface area contributed by atoms with E-state index < -0.39 is 0 Å². The first kappa shape index (κ1) is 9.78. The van der Waals surface area contributed by atoms with E-state index in [-0.39, 0.29) is 0 Å². The molecular formula is C9H18N2S. The Balaban J connectivity index is 2.47. The quantitative estimate of drug-likeness (QED) is 0.626. The highest BCUT2D eigenvalue weighted by atomic mass is 32.1. The highest BCUT2D eigenvalue weighted by Crippen LogP contribution is 2.22. The molecule has 0 aromatic rings. The Hall–Kier alpha value is -0.310. The number of nitrogens with one attached hydrogen (secondary N) is 1. The SMILES string of the molecule is CCNC(=S)N1CCC(C)C1C. The van der Waals surface area contributed by atoms with Crippen LogP contribution in [-0.4, -0.2) is 29.1 Å². The zero-order valence-corrected chi connectivity index (χ0v) is 8.95. The van der Waals surface area contributed by atoms with Crippen LogP contribution in [0.2, 0.25) is 0 Å². The summed E-state index contributed by atoms with van der Waals surface area (Å²) in [5.41, 5.74) is 0. The standard InChI is InChI=1S/C9H18N2S/c1-4-10-9(12)11-6-5-7(2)8(11)3/h7-8H,4-6H2,1-3H3,(H,10,12). The van der Waals surface area contributed by atoms with Gasteiger partial charge in [-0.15, -0.1) is 0 Å². The van der Waals surface area contributed by atoms with E-state index in [1.165, 1.54) is 6.42 Å². The van der Waals surface area contributed by atoms with Crippen molar-refractivity contribution in [2.24, 2.45) is 5.92 Å². The smallest absolute Gasteiger partial charge is 0.169 e. The first-order chi connectivity index (χ1) is 5.66. The molecule has 2 nitrogen and oxygen atoms in total. The second-order valence-electron chi connectivity index (χ2n) is 3.54. The molecule has 0 amide bonds. The predicted octanol–water partition coefficient (Wildman–Crippen LogP) is 1.61. The van der Waals surface area contributed by atoms with Crippen LogP contribution in [0, 0.1) is 5.92 Å². The molecular weight excluding hydrogens is 168 g/mol. The van der Waals surface area contributed by atoms with Crippen LogP contribution in [0.15, 0.2) is 0 Å². The minimum absolute atomic E-state index is 0.608. The lowest BCUT2D eigenvalue weighted by Gasteiger charge is -2.26. The zero-order chi connectivity index (χ0) is 9.14. The van der Waals surface area contributed by atoms with Gasteiger partial charge < -0.3 is 10.2 Å². The Labute approximate surface area is 80.3 Å². The average molecular weight is 186 g/mol. The van der Waals surface area contributed by atoms with Crippen molar-refractivity contribution in [1.29, 1.82) is 0 Å². The minimum Gasteiger partial charge on any atom is -0.363 e. The lowest BCUT2D eigenvalue weighted by atomic mass is 10.1. The van der Waals surface area contributed by atoms with Crippen molar-refractivity contribution >= 4 is 17.3 Å². The van der Waals surface area contributed by atoms with Gasteiger partial charge in [-0.25, -0.2) is 0 Å². The van der Waals surface area contributed by atoms with E-state index >= 15 is 0 Å². The maximum Gasteiger partial charge on any atom is 0.169 e. The Morgan fingerprint density at radius 2 is 2.25 bits per heavy atom. The zero-order valence-electron chi connectivity index (χ0n) is 8.13. The van der Waals surface area contributed by atoms with Crippen molar-refractivity contribution in [1.82, 2.24) is 10.2 Å². The average Bonchev–Trinajstić information content (AvgIpc) is 2.34. The van der Waals surface area contributed by atoms with Gasteiger partial charge in [-0.2, -0.15) is 0 Å². The molecule has 3 heteroatoms. The van der Waals surface area contributed by atoms with Gasteiger partial charge in [-0.3, -0.25) is 0 Å². The Morgan fingerprint density at radius 1 is 1.58 bits per heavy atom. The Kier molecular flexibility index (Phi) is 3.32. The summed E-state index contributed by atoms with van der Waals surface area (Å²) in [6, 6.07) is 0.608. The van der Waals surface area contributed by atoms with Gasteiger partial charge in [0.1, 0.15) is 0 Å². The third-order valence-corrected chi connectivity index (χ3v) is 3.11. The molecule has 0 spiro atoms. The van der Waals surface area contributed by atoms with Crippen molar-refractivity contribution in [3.8, 4) is 0 Å². The first-order valence-electron chi connectivity index (χ1n) is 4.71. The van der Waals surface area contributed by atoms with Crippen LogP contribution in [0.3, 0.4) is 0 Å². The maximum atomic E-state index is 5.26. The van der Waals surface area contributed by atoms with Gasteiger partial charge in [-0.1, -0.05) is 6.92 Å². The summed E-state index contributed by atoms with van der Waals surface area (Å²) in [6.07, 6.45) is 1.27. The lowest BCUT2D eigenvalue weighted by Crippen LogP contribution is -2.42. The van der Waals surface area contributed by atoms with E-state index in [0.29, 0.717) is 6.04 Å². The van der Waals surface area contributed by atoms with Gasteiger partial charge in [0.25, 0.3) is 0 Å². The summed E-state index contributed by atoms with van der Waals surface area (Å²) < 4.78 is 0. The molecule has 1 heterocycles. The van der Waals surface area contributed by atoms with Gasteiger partial charge in [0, 0.05) is 19.1 Å². The summed E-state index contributed by atoms with van der Waals surface area (Å²) in [5, 5.41) is 4.12. The third kappa shape index (κ3) is 1.89. The van der Waals surface area contributed by atoms with Crippen LogP contribution in [0.4, 0.5) is 0 Å². The molecule has 0 aromatic heterocycles. The second kappa shape index (κ2) is 4.08. The lowest BCUT2D eigenvalue weighted by molar-refractivity contribution is 0.366.